The number of nitrogens with one attached hydrogen (secondary N) is 2. The second kappa shape index (κ2) is 4.31. The quantitative estimate of drug-likeness (QED) is 0.643. The summed E-state index contributed by atoms with van der Waals surface area (Å²) < 4.78 is 5.25. The summed E-state index contributed by atoms with van der Waals surface area (Å²) in [5, 5.41) is 9.14. The average Bonchev–Trinajstić information content (AvgIpc) is 2.85. The highest BCUT2D eigenvalue weighted by Crippen LogP contribution is 2.12. The maximum absolute atomic E-state index is 11.5. The molecule has 15 heavy (non-hydrogen) atoms. The van der Waals surface area contributed by atoms with E-state index in [1.165, 1.54) is 0 Å². The van der Waals surface area contributed by atoms with Crippen molar-refractivity contribution in [1.82, 2.24) is 15.5 Å². The van der Waals surface area contributed by atoms with Crippen LogP contribution in [-0.4, -0.2) is 28.8 Å². The summed E-state index contributed by atoms with van der Waals surface area (Å²) in [5.41, 5.74) is 6.37. The molecule has 0 radical (unpaired) electrons. The number of rotatable bonds is 3. The molecule has 1 amide bonds. The molecule has 0 unspecified atom stereocenters. The van der Waals surface area contributed by atoms with E-state index in [0.717, 1.165) is 18.4 Å². The summed E-state index contributed by atoms with van der Waals surface area (Å²) in [6, 6.07) is 0. The molecule has 0 bridgehead atoms. The lowest BCUT2D eigenvalue weighted by atomic mass is 10.2. The van der Waals surface area contributed by atoms with Crippen molar-refractivity contribution in [2.24, 2.45) is 0 Å². The number of hydrogen-bond acceptors (Lipinski definition) is 4. The van der Waals surface area contributed by atoms with Crippen molar-refractivity contribution < 1.29 is 9.53 Å². The van der Waals surface area contributed by atoms with E-state index < -0.39 is 0 Å². The van der Waals surface area contributed by atoms with Gasteiger partial charge in [0, 0.05) is 18.7 Å². The first-order chi connectivity index (χ1) is 7.27. The van der Waals surface area contributed by atoms with Gasteiger partial charge in [-0.3, -0.25) is 9.89 Å². The Morgan fingerprint density at radius 1 is 1.80 bits per heavy atom. The van der Waals surface area contributed by atoms with E-state index >= 15 is 0 Å². The third-order valence-corrected chi connectivity index (χ3v) is 2.43. The molecule has 4 N–H and O–H groups in total. The Morgan fingerprint density at radius 2 is 2.67 bits per heavy atom. The highest BCUT2D eigenvalue weighted by atomic mass is 16.5. The molecule has 1 atom stereocenters. The van der Waals surface area contributed by atoms with E-state index in [-0.39, 0.29) is 12.0 Å². The van der Waals surface area contributed by atoms with Gasteiger partial charge in [-0.05, 0) is 12.8 Å². The van der Waals surface area contributed by atoms with Crippen molar-refractivity contribution in [3.8, 4) is 0 Å². The van der Waals surface area contributed by atoms with E-state index in [0.29, 0.717) is 19.0 Å². The van der Waals surface area contributed by atoms with Gasteiger partial charge in [-0.1, -0.05) is 0 Å². The van der Waals surface area contributed by atoms with Gasteiger partial charge in [0.1, 0.15) is 11.9 Å². The number of amides is 1. The molecule has 1 fully saturated rings. The fourth-order valence-electron chi connectivity index (χ4n) is 1.54. The maximum atomic E-state index is 11.5. The highest BCUT2D eigenvalue weighted by Gasteiger charge is 2.23. The number of H-pyrrole nitrogens is 1. The number of carbonyl (C=O) groups excluding carboxylic acids is 1. The Bertz CT molecular complexity index is 344. The van der Waals surface area contributed by atoms with Crippen LogP contribution in [0.1, 0.15) is 18.4 Å². The van der Waals surface area contributed by atoms with Gasteiger partial charge in [-0.25, -0.2) is 0 Å². The van der Waals surface area contributed by atoms with Crippen LogP contribution in [-0.2, 0) is 16.1 Å². The van der Waals surface area contributed by atoms with Gasteiger partial charge < -0.3 is 15.8 Å². The van der Waals surface area contributed by atoms with Gasteiger partial charge in [0.25, 0.3) is 0 Å². The van der Waals surface area contributed by atoms with Crippen LogP contribution >= 0.6 is 0 Å². The Kier molecular flexibility index (Phi) is 2.86. The highest BCUT2D eigenvalue weighted by molar-refractivity contribution is 5.81. The standard InChI is InChI=1S/C9H14N4O2/c10-8-6(5-12-13-8)4-11-9(14)7-2-1-3-15-7/h5,7H,1-4H2,(H,11,14)(H3,10,12,13)/t7-/m1/s1. The van der Waals surface area contributed by atoms with E-state index in [4.69, 9.17) is 10.5 Å². The zero-order chi connectivity index (χ0) is 10.7. The normalized spacial score (nSPS) is 20.4. The Labute approximate surface area is 87.2 Å². The number of hydrogen-bond donors (Lipinski definition) is 3. The molecular weight excluding hydrogens is 196 g/mol. The number of anilines is 1. The molecule has 2 rings (SSSR count). The van der Waals surface area contributed by atoms with Crippen LogP contribution in [0.25, 0.3) is 0 Å². The average molecular weight is 210 g/mol. The molecule has 1 aliphatic rings. The maximum Gasteiger partial charge on any atom is 0.249 e. The largest absolute Gasteiger partial charge is 0.384 e. The molecule has 6 heteroatoms. The lowest BCUT2D eigenvalue weighted by Gasteiger charge is -2.09. The minimum Gasteiger partial charge on any atom is -0.384 e. The van der Waals surface area contributed by atoms with Gasteiger partial charge in [0.05, 0.1) is 6.20 Å². The van der Waals surface area contributed by atoms with Crippen LogP contribution in [0, 0.1) is 0 Å². The molecular formula is C9H14N4O2. The second-order valence-corrected chi connectivity index (χ2v) is 3.53. The first-order valence-corrected chi connectivity index (χ1v) is 4.94. The van der Waals surface area contributed by atoms with Crippen LogP contribution < -0.4 is 11.1 Å². The molecule has 82 valence electrons. The predicted octanol–water partition coefficient (Wildman–Crippen LogP) is -0.213. The van der Waals surface area contributed by atoms with Gasteiger partial charge in [0.2, 0.25) is 5.91 Å². The number of carbonyl (C=O) groups is 1. The first-order valence-electron chi connectivity index (χ1n) is 4.94. The van der Waals surface area contributed by atoms with Crippen LogP contribution in [0.5, 0.6) is 0 Å². The van der Waals surface area contributed by atoms with Gasteiger partial charge >= 0.3 is 0 Å². The lowest BCUT2D eigenvalue weighted by molar-refractivity contribution is -0.130. The fourth-order valence-corrected chi connectivity index (χ4v) is 1.54. The van der Waals surface area contributed by atoms with Gasteiger partial charge in [-0.15, -0.1) is 0 Å². The van der Waals surface area contributed by atoms with E-state index in [1.54, 1.807) is 6.20 Å². The van der Waals surface area contributed by atoms with Crippen molar-refractivity contribution in [2.75, 3.05) is 12.3 Å². The van der Waals surface area contributed by atoms with Crippen LogP contribution in [0.3, 0.4) is 0 Å². The smallest absolute Gasteiger partial charge is 0.249 e. The zero-order valence-electron chi connectivity index (χ0n) is 8.32. The van der Waals surface area contributed by atoms with Crippen LogP contribution in [0.2, 0.25) is 0 Å². The third kappa shape index (κ3) is 2.27. The molecule has 0 saturated carbocycles. The van der Waals surface area contributed by atoms with Crippen molar-refractivity contribution in [3.63, 3.8) is 0 Å². The summed E-state index contributed by atoms with van der Waals surface area (Å²) in [4.78, 5) is 11.5. The molecule has 1 aromatic heterocycles. The minimum absolute atomic E-state index is 0.0758. The second-order valence-electron chi connectivity index (χ2n) is 3.53. The molecule has 1 aliphatic heterocycles. The van der Waals surface area contributed by atoms with Crippen molar-refractivity contribution in [1.29, 1.82) is 0 Å². The van der Waals surface area contributed by atoms with Gasteiger partial charge in [0.15, 0.2) is 0 Å². The Morgan fingerprint density at radius 3 is 3.27 bits per heavy atom. The van der Waals surface area contributed by atoms with E-state index in [1.807, 2.05) is 0 Å². The molecule has 0 aliphatic carbocycles. The molecule has 1 saturated heterocycles. The van der Waals surface area contributed by atoms with Gasteiger partial charge in [-0.2, -0.15) is 5.10 Å². The molecule has 0 aromatic carbocycles. The van der Waals surface area contributed by atoms with Crippen molar-refractivity contribution >= 4 is 11.7 Å². The number of nitrogens with two attached hydrogens (primary N) is 1. The monoisotopic (exact) mass is 210 g/mol. The number of nitrogens with zero attached hydrogens (tertiary/aromatic N) is 1. The topological polar surface area (TPSA) is 93.0 Å². The number of nitrogen functional groups attached to an aromatic ring is 1. The SMILES string of the molecule is Nc1[nH]ncc1CNC(=O)[C@H]1CCCO1. The predicted molar refractivity (Wildman–Crippen MR) is 53.8 cm³/mol. The lowest BCUT2D eigenvalue weighted by Crippen LogP contribution is -2.33. The number of aromatic amines is 1. The summed E-state index contributed by atoms with van der Waals surface area (Å²) in [5.74, 6) is 0.413. The van der Waals surface area contributed by atoms with E-state index in [2.05, 4.69) is 15.5 Å². The Balaban J connectivity index is 1.83. The first kappa shape index (κ1) is 9.97. The molecule has 6 nitrogen and oxygen atoms in total. The Hall–Kier alpha value is -1.56. The number of aromatic nitrogens is 2. The molecule has 2 heterocycles. The zero-order valence-corrected chi connectivity index (χ0v) is 8.32. The third-order valence-electron chi connectivity index (χ3n) is 2.43. The summed E-state index contributed by atoms with van der Waals surface area (Å²) in [7, 11) is 0. The summed E-state index contributed by atoms with van der Waals surface area (Å²) in [6.45, 7) is 1.06. The molecule has 0 spiro atoms. The van der Waals surface area contributed by atoms with Crippen LogP contribution in [0.15, 0.2) is 6.20 Å². The fraction of sp³-hybridized carbons (Fsp3) is 0.556. The van der Waals surface area contributed by atoms with Crippen molar-refractivity contribution in [3.05, 3.63) is 11.8 Å². The van der Waals surface area contributed by atoms with Crippen LogP contribution in [0.4, 0.5) is 5.82 Å². The molecule has 1 aromatic rings. The summed E-state index contributed by atoms with van der Waals surface area (Å²) in [6.07, 6.45) is 3.06. The number of ether oxygens (including phenoxy) is 1. The van der Waals surface area contributed by atoms with E-state index in [9.17, 15) is 4.79 Å². The summed E-state index contributed by atoms with van der Waals surface area (Å²) >= 11 is 0. The minimum atomic E-state index is -0.293. The van der Waals surface area contributed by atoms with Crippen molar-refractivity contribution in [2.45, 2.75) is 25.5 Å².